The van der Waals surface area contributed by atoms with Gasteiger partial charge in [-0.2, -0.15) is 5.10 Å². The largest absolute Gasteiger partial charge is 0.379 e. The molecule has 1 fully saturated rings. The molecular weight excluding hydrogens is 306 g/mol. The molecule has 1 atom stereocenters. The Kier molecular flexibility index (Phi) is 4.87. The number of methoxy groups -OCH3 is 1. The Morgan fingerprint density at radius 3 is 3.12 bits per heavy atom. The number of H-pyrrole nitrogens is 1. The van der Waals surface area contributed by atoms with Crippen LogP contribution >= 0.6 is 0 Å². The van der Waals surface area contributed by atoms with Crippen LogP contribution in [-0.2, 0) is 20.7 Å². The van der Waals surface area contributed by atoms with Crippen LogP contribution in [0.4, 0.5) is 0 Å². The third-order valence-electron chi connectivity index (χ3n) is 4.68. The SMILES string of the molecule is COC(C)(C)C(=O)N1CCOC[C@H](Cc2ccc3[nH]ncc3c2)C1. The quantitative estimate of drug-likeness (QED) is 0.930. The fourth-order valence-electron chi connectivity index (χ4n) is 3.11. The van der Waals surface area contributed by atoms with Crippen molar-refractivity contribution in [1.82, 2.24) is 15.1 Å². The number of carbonyl (C=O) groups excluding carboxylic acids is 1. The van der Waals surface area contributed by atoms with Crippen molar-refractivity contribution in [2.75, 3.05) is 33.4 Å². The maximum absolute atomic E-state index is 12.7. The molecule has 1 aromatic carbocycles. The Hall–Kier alpha value is -1.92. The number of hydrogen-bond donors (Lipinski definition) is 1. The van der Waals surface area contributed by atoms with E-state index < -0.39 is 5.60 Å². The molecule has 6 heteroatoms. The number of rotatable bonds is 4. The monoisotopic (exact) mass is 331 g/mol. The standard InChI is InChI=1S/C18H25N3O3/c1-18(2,23-3)17(22)21-6-7-24-12-14(11-21)8-13-4-5-16-15(9-13)10-19-20-16/h4-5,9-10,14H,6-8,11-12H2,1-3H3,(H,19,20)/t14-/m1/s1. The van der Waals surface area contributed by atoms with Gasteiger partial charge in [0.15, 0.2) is 0 Å². The number of fused-ring (bicyclic) bond motifs is 1. The molecule has 3 rings (SSSR count). The molecule has 0 aliphatic carbocycles. The normalized spacial score (nSPS) is 19.5. The van der Waals surface area contributed by atoms with Gasteiger partial charge in [-0.15, -0.1) is 0 Å². The lowest BCUT2D eigenvalue weighted by molar-refractivity contribution is -0.151. The van der Waals surface area contributed by atoms with Crippen LogP contribution < -0.4 is 0 Å². The second kappa shape index (κ2) is 6.91. The summed E-state index contributed by atoms with van der Waals surface area (Å²) in [5.41, 5.74) is 1.47. The van der Waals surface area contributed by atoms with Crippen LogP contribution in [0.2, 0.25) is 0 Å². The lowest BCUT2D eigenvalue weighted by atomic mass is 9.98. The third-order valence-corrected chi connectivity index (χ3v) is 4.68. The second-order valence-electron chi connectivity index (χ2n) is 6.90. The van der Waals surface area contributed by atoms with Crippen LogP contribution in [-0.4, -0.2) is 60.0 Å². The zero-order valence-electron chi connectivity index (χ0n) is 14.5. The van der Waals surface area contributed by atoms with Gasteiger partial charge in [0, 0.05) is 31.5 Å². The molecule has 1 amide bonds. The summed E-state index contributed by atoms with van der Waals surface area (Å²) >= 11 is 0. The lowest BCUT2D eigenvalue weighted by Crippen LogP contribution is -2.48. The first kappa shape index (κ1) is 16.9. The summed E-state index contributed by atoms with van der Waals surface area (Å²) in [6.07, 6.45) is 2.71. The van der Waals surface area contributed by atoms with Crippen LogP contribution in [0.5, 0.6) is 0 Å². The summed E-state index contributed by atoms with van der Waals surface area (Å²) in [7, 11) is 1.57. The van der Waals surface area contributed by atoms with Gasteiger partial charge in [0.25, 0.3) is 5.91 Å². The maximum atomic E-state index is 12.7. The van der Waals surface area contributed by atoms with Crippen LogP contribution in [0.1, 0.15) is 19.4 Å². The highest BCUT2D eigenvalue weighted by molar-refractivity contribution is 5.84. The third kappa shape index (κ3) is 3.60. The van der Waals surface area contributed by atoms with E-state index in [9.17, 15) is 4.79 Å². The van der Waals surface area contributed by atoms with Gasteiger partial charge < -0.3 is 14.4 Å². The van der Waals surface area contributed by atoms with Gasteiger partial charge in [-0.25, -0.2) is 0 Å². The Morgan fingerprint density at radius 2 is 2.33 bits per heavy atom. The minimum atomic E-state index is -0.801. The molecule has 0 radical (unpaired) electrons. The predicted molar refractivity (Wildman–Crippen MR) is 91.8 cm³/mol. The van der Waals surface area contributed by atoms with Crippen molar-refractivity contribution >= 4 is 16.8 Å². The molecule has 24 heavy (non-hydrogen) atoms. The molecule has 6 nitrogen and oxygen atoms in total. The van der Waals surface area contributed by atoms with Crippen molar-refractivity contribution in [1.29, 1.82) is 0 Å². The predicted octanol–water partition coefficient (Wildman–Crippen LogP) is 2.01. The summed E-state index contributed by atoms with van der Waals surface area (Å²) in [6, 6.07) is 6.30. The molecule has 0 unspecified atom stereocenters. The molecule has 1 aliphatic rings. The highest BCUT2D eigenvalue weighted by Gasteiger charge is 2.33. The number of aromatic nitrogens is 2. The van der Waals surface area contributed by atoms with Gasteiger partial charge >= 0.3 is 0 Å². The number of carbonyl (C=O) groups is 1. The van der Waals surface area contributed by atoms with Crippen molar-refractivity contribution in [2.24, 2.45) is 5.92 Å². The minimum absolute atomic E-state index is 0.0192. The van der Waals surface area contributed by atoms with Crippen LogP contribution in [0, 0.1) is 5.92 Å². The van der Waals surface area contributed by atoms with Crippen molar-refractivity contribution in [3.63, 3.8) is 0 Å². The molecule has 2 aromatic rings. The Bertz CT molecular complexity index is 710. The van der Waals surface area contributed by atoms with Gasteiger partial charge in [-0.1, -0.05) is 6.07 Å². The summed E-state index contributed by atoms with van der Waals surface area (Å²) < 4.78 is 11.1. The number of amides is 1. The molecule has 0 spiro atoms. The van der Waals surface area contributed by atoms with Gasteiger partial charge in [0.2, 0.25) is 0 Å². The molecule has 0 bridgehead atoms. The van der Waals surface area contributed by atoms with Gasteiger partial charge in [0.1, 0.15) is 5.60 Å². The number of benzene rings is 1. The molecule has 0 saturated carbocycles. The number of aromatic amines is 1. The Labute approximate surface area is 142 Å². The lowest BCUT2D eigenvalue weighted by Gasteiger charge is -2.31. The number of ether oxygens (including phenoxy) is 2. The summed E-state index contributed by atoms with van der Waals surface area (Å²) in [4.78, 5) is 14.5. The highest BCUT2D eigenvalue weighted by atomic mass is 16.5. The summed E-state index contributed by atoms with van der Waals surface area (Å²) in [6.45, 7) is 6.16. The smallest absolute Gasteiger partial charge is 0.254 e. The number of nitrogens with one attached hydrogen (secondary N) is 1. The molecule has 1 aliphatic heterocycles. The molecule has 2 heterocycles. The zero-order chi connectivity index (χ0) is 17.2. The van der Waals surface area contributed by atoms with E-state index in [-0.39, 0.29) is 11.8 Å². The summed E-state index contributed by atoms with van der Waals surface area (Å²) in [5.74, 6) is 0.291. The number of hydrogen-bond acceptors (Lipinski definition) is 4. The first-order chi connectivity index (χ1) is 11.5. The van der Waals surface area contributed by atoms with Gasteiger partial charge in [-0.05, 0) is 38.0 Å². The Balaban J connectivity index is 1.71. The average molecular weight is 331 g/mol. The van der Waals surface area contributed by atoms with Crippen molar-refractivity contribution in [2.45, 2.75) is 25.9 Å². The van der Waals surface area contributed by atoms with Gasteiger partial charge in [0.05, 0.1) is 24.9 Å². The van der Waals surface area contributed by atoms with E-state index in [1.165, 1.54) is 5.56 Å². The van der Waals surface area contributed by atoms with E-state index in [0.29, 0.717) is 26.3 Å². The molecule has 1 saturated heterocycles. The zero-order valence-corrected chi connectivity index (χ0v) is 14.5. The fraction of sp³-hybridized carbons (Fsp3) is 0.556. The van der Waals surface area contributed by atoms with E-state index in [4.69, 9.17) is 9.47 Å². The van der Waals surface area contributed by atoms with E-state index >= 15 is 0 Å². The number of nitrogens with zero attached hydrogens (tertiary/aromatic N) is 2. The Morgan fingerprint density at radius 1 is 1.50 bits per heavy atom. The first-order valence-electron chi connectivity index (χ1n) is 8.34. The molecule has 1 aromatic heterocycles. The second-order valence-corrected chi connectivity index (χ2v) is 6.90. The van der Waals surface area contributed by atoms with E-state index in [1.54, 1.807) is 7.11 Å². The molecular formula is C18H25N3O3. The van der Waals surface area contributed by atoms with E-state index in [2.05, 4.69) is 22.3 Å². The topological polar surface area (TPSA) is 67.4 Å². The van der Waals surface area contributed by atoms with E-state index in [1.807, 2.05) is 31.0 Å². The van der Waals surface area contributed by atoms with Crippen molar-refractivity contribution in [3.8, 4) is 0 Å². The van der Waals surface area contributed by atoms with Crippen LogP contribution in [0.25, 0.3) is 10.9 Å². The fourth-order valence-corrected chi connectivity index (χ4v) is 3.11. The minimum Gasteiger partial charge on any atom is -0.379 e. The van der Waals surface area contributed by atoms with Crippen LogP contribution in [0.3, 0.4) is 0 Å². The average Bonchev–Trinajstić information content (AvgIpc) is 2.92. The van der Waals surface area contributed by atoms with Crippen LogP contribution in [0.15, 0.2) is 24.4 Å². The van der Waals surface area contributed by atoms with Gasteiger partial charge in [-0.3, -0.25) is 9.89 Å². The maximum Gasteiger partial charge on any atom is 0.254 e. The van der Waals surface area contributed by atoms with E-state index in [0.717, 1.165) is 17.3 Å². The first-order valence-corrected chi connectivity index (χ1v) is 8.34. The highest BCUT2D eigenvalue weighted by Crippen LogP contribution is 2.20. The molecule has 1 N–H and O–H groups in total. The molecule has 130 valence electrons. The summed E-state index contributed by atoms with van der Waals surface area (Å²) in [5, 5.41) is 8.13. The van der Waals surface area contributed by atoms with Crippen molar-refractivity contribution < 1.29 is 14.3 Å². The van der Waals surface area contributed by atoms with Crippen molar-refractivity contribution in [3.05, 3.63) is 30.0 Å².